The number of anilines is 5. The maximum atomic E-state index is 3.70. The third-order valence-electron chi connectivity index (χ3n) is 10.4. The van der Waals surface area contributed by atoms with Gasteiger partial charge in [-0.15, -0.1) is 11.3 Å². The molecule has 2 nitrogen and oxygen atoms in total. The fourth-order valence-corrected chi connectivity index (χ4v) is 8.80. The fourth-order valence-electron chi connectivity index (χ4n) is 7.71. The number of nitrogens with zero attached hydrogens (tertiary/aromatic N) is 1. The molecule has 0 saturated carbocycles. The highest BCUT2D eigenvalue weighted by Crippen LogP contribution is 2.44. The molecule has 0 radical (unpaired) electrons. The van der Waals surface area contributed by atoms with Crippen LogP contribution in [0.4, 0.5) is 28.4 Å². The minimum absolute atomic E-state index is 1.07. The maximum absolute atomic E-state index is 3.70. The van der Waals surface area contributed by atoms with Crippen molar-refractivity contribution in [2.75, 3.05) is 10.2 Å². The predicted octanol–water partition coefficient (Wildman–Crippen LogP) is 15.4. The third-order valence-corrected chi connectivity index (χ3v) is 11.6. The first-order valence-corrected chi connectivity index (χ1v) is 19.5. The summed E-state index contributed by atoms with van der Waals surface area (Å²) in [5.74, 6) is 0. The summed E-state index contributed by atoms with van der Waals surface area (Å²) in [6, 6.07) is 76.5. The van der Waals surface area contributed by atoms with E-state index in [4.69, 9.17) is 0 Å². The first kappa shape index (κ1) is 32.7. The minimum Gasteiger partial charge on any atom is -0.355 e. The van der Waals surface area contributed by atoms with Crippen molar-refractivity contribution >= 4 is 71.4 Å². The van der Waals surface area contributed by atoms with Crippen LogP contribution in [-0.2, 0) is 0 Å². The first-order chi connectivity index (χ1) is 27.2. The molecule has 260 valence electrons. The zero-order valence-corrected chi connectivity index (χ0v) is 30.9. The van der Waals surface area contributed by atoms with Crippen LogP contribution < -0.4 is 10.2 Å². The van der Waals surface area contributed by atoms with E-state index in [2.05, 4.69) is 216 Å². The van der Waals surface area contributed by atoms with Crippen LogP contribution in [0.2, 0.25) is 0 Å². The largest absolute Gasteiger partial charge is 0.355 e. The average Bonchev–Trinajstić information content (AvgIpc) is 3.70. The van der Waals surface area contributed by atoms with Gasteiger partial charge in [-0.3, -0.25) is 0 Å². The van der Waals surface area contributed by atoms with Gasteiger partial charge in [-0.05, 0) is 111 Å². The lowest BCUT2D eigenvalue weighted by molar-refractivity contribution is 1.30. The van der Waals surface area contributed by atoms with Gasteiger partial charge >= 0.3 is 0 Å². The highest BCUT2D eigenvalue weighted by Gasteiger charge is 2.18. The van der Waals surface area contributed by atoms with Crippen LogP contribution in [-0.4, -0.2) is 0 Å². The summed E-state index contributed by atoms with van der Waals surface area (Å²) in [5, 5.41) is 9.90. The molecule has 55 heavy (non-hydrogen) atoms. The number of rotatable bonds is 8. The average molecular weight is 721 g/mol. The van der Waals surface area contributed by atoms with Crippen molar-refractivity contribution in [3.05, 3.63) is 212 Å². The van der Waals surface area contributed by atoms with Crippen LogP contribution in [0.1, 0.15) is 0 Å². The molecule has 0 atom stereocenters. The number of hydrogen-bond acceptors (Lipinski definition) is 3. The van der Waals surface area contributed by atoms with Crippen molar-refractivity contribution in [2.24, 2.45) is 0 Å². The van der Waals surface area contributed by atoms with Gasteiger partial charge in [0, 0.05) is 43.3 Å². The van der Waals surface area contributed by atoms with E-state index in [0.717, 1.165) is 28.4 Å². The van der Waals surface area contributed by atoms with Gasteiger partial charge in [0.15, 0.2) is 0 Å². The van der Waals surface area contributed by atoms with Crippen molar-refractivity contribution < 1.29 is 0 Å². The number of fused-ring (bicyclic) bond motifs is 4. The molecule has 0 aliphatic rings. The number of nitrogens with one attached hydrogen (secondary N) is 1. The molecule has 1 N–H and O–H groups in total. The molecular weight excluding hydrogens is 685 g/mol. The second kappa shape index (κ2) is 14.1. The molecular formula is C52H36N2S. The Morgan fingerprint density at radius 3 is 1.64 bits per heavy atom. The van der Waals surface area contributed by atoms with E-state index in [1.807, 2.05) is 17.4 Å². The predicted molar refractivity (Wildman–Crippen MR) is 238 cm³/mol. The monoisotopic (exact) mass is 720 g/mol. The Kier molecular flexibility index (Phi) is 8.40. The van der Waals surface area contributed by atoms with Crippen molar-refractivity contribution in [1.82, 2.24) is 0 Å². The summed E-state index contributed by atoms with van der Waals surface area (Å²) in [7, 11) is 0. The van der Waals surface area contributed by atoms with E-state index in [1.165, 1.54) is 64.3 Å². The molecule has 9 aromatic carbocycles. The van der Waals surface area contributed by atoms with Gasteiger partial charge in [0.05, 0.1) is 5.69 Å². The van der Waals surface area contributed by atoms with Crippen LogP contribution in [0.25, 0.3) is 64.3 Å². The summed E-state index contributed by atoms with van der Waals surface area (Å²) >= 11 is 1.83. The van der Waals surface area contributed by atoms with E-state index in [0.29, 0.717) is 0 Å². The fraction of sp³-hybridized carbons (Fsp3) is 0. The Labute approximate surface area is 325 Å². The van der Waals surface area contributed by atoms with Gasteiger partial charge in [-0.25, -0.2) is 0 Å². The zero-order valence-electron chi connectivity index (χ0n) is 30.1. The van der Waals surface area contributed by atoms with Crippen molar-refractivity contribution in [3.63, 3.8) is 0 Å². The second-order valence-electron chi connectivity index (χ2n) is 13.9. The van der Waals surface area contributed by atoms with E-state index < -0.39 is 0 Å². The van der Waals surface area contributed by atoms with E-state index in [9.17, 15) is 0 Å². The molecule has 0 bridgehead atoms. The maximum Gasteiger partial charge on any atom is 0.0546 e. The van der Waals surface area contributed by atoms with Crippen LogP contribution in [0.3, 0.4) is 0 Å². The SMILES string of the molecule is c1ccc(Nc2ccc(-c3ccc(N(c4ccc(-c5ccccc5)cc4)c4cc5ccccc5c5ccccc45)cc3)cc2-c2cc3ccccc3s2)cc1. The third kappa shape index (κ3) is 6.31. The number of benzene rings is 9. The molecule has 0 aliphatic heterocycles. The van der Waals surface area contributed by atoms with Crippen molar-refractivity contribution in [2.45, 2.75) is 0 Å². The molecule has 3 heteroatoms. The summed E-state index contributed by atoms with van der Waals surface area (Å²) in [6.45, 7) is 0. The topological polar surface area (TPSA) is 15.3 Å². The summed E-state index contributed by atoms with van der Waals surface area (Å²) in [4.78, 5) is 3.65. The molecule has 10 rings (SSSR count). The minimum atomic E-state index is 1.07. The lowest BCUT2D eigenvalue weighted by Gasteiger charge is -2.28. The van der Waals surface area contributed by atoms with Gasteiger partial charge in [-0.2, -0.15) is 0 Å². The summed E-state index contributed by atoms with van der Waals surface area (Å²) < 4.78 is 1.29. The van der Waals surface area contributed by atoms with E-state index >= 15 is 0 Å². The second-order valence-corrected chi connectivity index (χ2v) is 14.9. The Morgan fingerprint density at radius 2 is 0.927 bits per heavy atom. The van der Waals surface area contributed by atoms with E-state index in [-0.39, 0.29) is 0 Å². The lowest BCUT2D eigenvalue weighted by atomic mass is 9.98. The molecule has 0 amide bonds. The smallest absolute Gasteiger partial charge is 0.0546 e. The Hall–Kier alpha value is -6.94. The number of hydrogen-bond donors (Lipinski definition) is 1. The van der Waals surface area contributed by atoms with Crippen LogP contribution >= 0.6 is 11.3 Å². The van der Waals surface area contributed by atoms with Crippen molar-refractivity contribution in [1.29, 1.82) is 0 Å². The van der Waals surface area contributed by atoms with Gasteiger partial charge in [-0.1, -0.05) is 146 Å². The first-order valence-electron chi connectivity index (χ1n) is 18.7. The van der Waals surface area contributed by atoms with Gasteiger partial charge in [0.25, 0.3) is 0 Å². The molecule has 10 aromatic rings. The Morgan fingerprint density at radius 1 is 0.382 bits per heavy atom. The number of thiophene rings is 1. The lowest BCUT2D eigenvalue weighted by Crippen LogP contribution is -2.10. The summed E-state index contributed by atoms with van der Waals surface area (Å²) in [5.41, 5.74) is 11.5. The van der Waals surface area contributed by atoms with Gasteiger partial charge < -0.3 is 10.2 Å². The van der Waals surface area contributed by atoms with Crippen LogP contribution in [0.5, 0.6) is 0 Å². The molecule has 0 aliphatic carbocycles. The quantitative estimate of drug-likeness (QED) is 0.157. The molecule has 0 saturated heterocycles. The molecule has 0 fully saturated rings. The number of para-hydroxylation sites is 1. The molecule has 0 spiro atoms. The normalized spacial score (nSPS) is 11.3. The summed E-state index contributed by atoms with van der Waals surface area (Å²) in [6.07, 6.45) is 0. The molecule has 0 unspecified atom stereocenters. The zero-order chi connectivity index (χ0) is 36.6. The van der Waals surface area contributed by atoms with Crippen molar-refractivity contribution in [3.8, 4) is 32.7 Å². The van der Waals surface area contributed by atoms with Crippen LogP contribution in [0, 0.1) is 0 Å². The highest BCUT2D eigenvalue weighted by molar-refractivity contribution is 7.22. The molecule has 1 aromatic heterocycles. The standard InChI is InChI=1S/C52H36N2S/c1-3-13-36(14-4-1)37-23-28-43(29-24-37)54(50-34-40-15-7-9-19-45(40)46-20-10-11-21-47(46)50)44-30-25-38(26-31-44)39-27-32-49(53-42-17-5-2-6-18-42)48(33-39)52-35-41-16-8-12-22-51(41)55-52/h1-35,53H. The van der Waals surface area contributed by atoms with E-state index in [1.54, 1.807) is 0 Å². The van der Waals surface area contributed by atoms with Gasteiger partial charge in [0.1, 0.15) is 0 Å². The highest BCUT2D eigenvalue weighted by atomic mass is 32.1. The Bertz CT molecular complexity index is 2900. The Balaban J connectivity index is 1.09. The van der Waals surface area contributed by atoms with Gasteiger partial charge in [0.2, 0.25) is 0 Å². The van der Waals surface area contributed by atoms with Crippen LogP contribution in [0.15, 0.2) is 212 Å². The molecule has 1 heterocycles.